The molecule has 2 aliphatic rings. The second-order valence-corrected chi connectivity index (χ2v) is 7.69. The standard InChI is InChI=1S/C20H32N4O2/c1-23-11-3-2-4-18(23)7-10-21-20(26)17-5-6-19(22-14-17)24-12-8-16(15-25)9-13-24/h5-6,14,16,18,25H,2-4,7-13,15H2,1H3,(H,21,26). The van der Waals surface area contributed by atoms with E-state index in [1.54, 1.807) is 6.20 Å². The van der Waals surface area contributed by atoms with Gasteiger partial charge in [-0.3, -0.25) is 4.79 Å². The van der Waals surface area contributed by atoms with Crippen LogP contribution in [0.5, 0.6) is 0 Å². The van der Waals surface area contributed by atoms with Gasteiger partial charge in [0.25, 0.3) is 5.91 Å². The Balaban J connectivity index is 1.45. The van der Waals surface area contributed by atoms with E-state index in [0.717, 1.165) is 38.2 Å². The van der Waals surface area contributed by atoms with Crippen LogP contribution in [0.15, 0.2) is 18.3 Å². The van der Waals surface area contributed by atoms with Gasteiger partial charge in [0, 0.05) is 38.5 Å². The Morgan fingerprint density at radius 1 is 1.23 bits per heavy atom. The molecule has 2 saturated heterocycles. The number of carbonyl (C=O) groups is 1. The molecule has 0 spiro atoms. The number of nitrogens with one attached hydrogen (secondary N) is 1. The second kappa shape index (κ2) is 9.33. The van der Waals surface area contributed by atoms with Gasteiger partial charge in [0.1, 0.15) is 5.82 Å². The number of likely N-dealkylation sites (tertiary alicyclic amines) is 1. The van der Waals surface area contributed by atoms with Gasteiger partial charge in [0.2, 0.25) is 0 Å². The van der Waals surface area contributed by atoms with Crippen LogP contribution in [-0.2, 0) is 0 Å². The third kappa shape index (κ3) is 4.95. The Bertz CT molecular complexity index is 570. The van der Waals surface area contributed by atoms with Gasteiger partial charge in [-0.15, -0.1) is 0 Å². The number of pyridine rings is 1. The topological polar surface area (TPSA) is 68.7 Å². The molecule has 1 amide bonds. The van der Waals surface area contributed by atoms with E-state index in [-0.39, 0.29) is 12.5 Å². The number of rotatable bonds is 6. The van der Waals surface area contributed by atoms with E-state index in [2.05, 4.69) is 27.1 Å². The predicted molar refractivity (Wildman–Crippen MR) is 103 cm³/mol. The zero-order valence-corrected chi connectivity index (χ0v) is 15.9. The van der Waals surface area contributed by atoms with E-state index >= 15 is 0 Å². The maximum atomic E-state index is 12.3. The molecule has 3 rings (SSSR count). The van der Waals surface area contributed by atoms with Crippen molar-refractivity contribution in [1.82, 2.24) is 15.2 Å². The third-order valence-electron chi connectivity index (χ3n) is 5.89. The third-order valence-corrected chi connectivity index (χ3v) is 5.89. The van der Waals surface area contributed by atoms with Crippen LogP contribution in [0.25, 0.3) is 0 Å². The van der Waals surface area contributed by atoms with Crippen molar-refractivity contribution in [2.24, 2.45) is 5.92 Å². The number of hydrogen-bond acceptors (Lipinski definition) is 5. The molecular weight excluding hydrogens is 328 g/mol. The lowest BCUT2D eigenvalue weighted by atomic mass is 9.98. The molecule has 0 bridgehead atoms. The van der Waals surface area contributed by atoms with Crippen molar-refractivity contribution in [3.8, 4) is 0 Å². The maximum Gasteiger partial charge on any atom is 0.252 e. The van der Waals surface area contributed by atoms with Gasteiger partial charge in [-0.1, -0.05) is 6.42 Å². The van der Waals surface area contributed by atoms with Crippen LogP contribution >= 0.6 is 0 Å². The van der Waals surface area contributed by atoms with Crippen molar-refractivity contribution in [3.05, 3.63) is 23.9 Å². The molecule has 144 valence electrons. The molecule has 0 radical (unpaired) electrons. The monoisotopic (exact) mass is 360 g/mol. The first-order valence-corrected chi connectivity index (χ1v) is 9.97. The number of nitrogens with zero attached hydrogens (tertiary/aromatic N) is 3. The van der Waals surface area contributed by atoms with Crippen molar-refractivity contribution < 1.29 is 9.90 Å². The summed E-state index contributed by atoms with van der Waals surface area (Å²) in [6.07, 6.45) is 8.49. The lowest BCUT2D eigenvalue weighted by Crippen LogP contribution is -2.39. The lowest BCUT2D eigenvalue weighted by Gasteiger charge is -2.32. The fraction of sp³-hybridized carbons (Fsp3) is 0.700. The minimum Gasteiger partial charge on any atom is -0.396 e. The Morgan fingerprint density at radius 3 is 2.69 bits per heavy atom. The van der Waals surface area contributed by atoms with Gasteiger partial charge in [0.05, 0.1) is 5.56 Å². The largest absolute Gasteiger partial charge is 0.396 e. The summed E-state index contributed by atoms with van der Waals surface area (Å²) in [5.41, 5.74) is 0.621. The number of hydrogen-bond donors (Lipinski definition) is 2. The average Bonchev–Trinajstić information content (AvgIpc) is 2.69. The maximum absolute atomic E-state index is 12.3. The summed E-state index contributed by atoms with van der Waals surface area (Å²) >= 11 is 0. The summed E-state index contributed by atoms with van der Waals surface area (Å²) < 4.78 is 0. The summed E-state index contributed by atoms with van der Waals surface area (Å²) in [6.45, 7) is 3.98. The van der Waals surface area contributed by atoms with E-state index < -0.39 is 0 Å². The molecule has 1 atom stereocenters. The van der Waals surface area contributed by atoms with Gasteiger partial charge in [-0.25, -0.2) is 4.98 Å². The van der Waals surface area contributed by atoms with Gasteiger partial charge >= 0.3 is 0 Å². The first-order chi connectivity index (χ1) is 12.7. The molecule has 6 heteroatoms. The molecule has 1 aromatic rings. The van der Waals surface area contributed by atoms with Gasteiger partial charge < -0.3 is 20.2 Å². The molecule has 3 heterocycles. The van der Waals surface area contributed by atoms with Gasteiger partial charge in [-0.05, 0) is 63.7 Å². The molecule has 6 nitrogen and oxygen atoms in total. The molecule has 1 aromatic heterocycles. The number of aliphatic hydroxyl groups excluding tert-OH is 1. The number of amides is 1. The predicted octanol–water partition coefficient (Wildman–Crippen LogP) is 1.89. The summed E-state index contributed by atoms with van der Waals surface area (Å²) in [4.78, 5) is 21.4. The number of aliphatic hydroxyl groups is 1. The zero-order chi connectivity index (χ0) is 18.4. The van der Waals surface area contributed by atoms with Crippen LogP contribution in [0.1, 0.15) is 48.9 Å². The molecule has 2 N–H and O–H groups in total. The van der Waals surface area contributed by atoms with E-state index in [0.29, 0.717) is 24.1 Å². The zero-order valence-electron chi connectivity index (χ0n) is 15.9. The van der Waals surface area contributed by atoms with Crippen LogP contribution < -0.4 is 10.2 Å². The number of carbonyl (C=O) groups excluding carboxylic acids is 1. The SMILES string of the molecule is CN1CCCCC1CCNC(=O)c1ccc(N2CCC(CO)CC2)nc1. The van der Waals surface area contributed by atoms with Crippen LogP contribution in [0.2, 0.25) is 0 Å². The van der Waals surface area contributed by atoms with Crippen LogP contribution in [0.4, 0.5) is 5.82 Å². The number of anilines is 1. The van der Waals surface area contributed by atoms with E-state index in [4.69, 9.17) is 0 Å². The molecule has 1 unspecified atom stereocenters. The molecule has 0 aliphatic carbocycles. The Kier molecular flexibility index (Phi) is 6.86. The first kappa shape index (κ1) is 19.1. The van der Waals surface area contributed by atoms with Crippen LogP contribution in [-0.4, -0.2) is 66.8 Å². The Labute approximate surface area is 156 Å². The highest BCUT2D eigenvalue weighted by Crippen LogP contribution is 2.21. The quantitative estimate of drug-likeness (QED) is 0.811. The van der Waals surface area contributed by atoms with E-state index in [1.165, 1.54) is 25.8 Å². The molecular formula is C20H32N4O2. The van der Waals surface area contributed by atoms with Crippen molar-refractivity contribution >= 4 is 11.7 Å². The molecule has 2 aliphatic heterocycles. The number of aromatic nitrogens is 1. The fourth-order valence-corrected chi connectivity index (χ4v) is 4.02. The van der Waals surface area contributed by atoms with Gasteiger partial charge in [-0.2, -0.15) is 0 Å². The normalized spacial score (nSPS) is 22.4. The van der Waals surface area contributed by atoms with Crippen molar-refractivity contribution in [3.63, 3.8) is 0 Å². The van der Waals surface area contributed by atoms with E-state index in [1.807, 2.05) is 12.1 Å². The Hall–Kier alpha value is -1.66. The van der Waals surface area contributed by atoms with Gasteiger partial charge in [0.15, 0.2) is 0 Å². The Morgan fingerprint density at radius 2 is 2.04 bits per heavy atom. The van der Waals surface area contributed by atoms with Crippen LogP contribution in [0, 0.1) is 5.92 Å². The molecule has 0 saturated carbocycles. The van der Waals surface area contributed by atoms with Crippen molar-refractivity contribution in [2.45, 2.75) is 44.6 Å². The fourth-order valence-electron chi connectivity index (χ4n) is 4.02. The minimum absolute atomic E-state index is 0.0403. The van der Waals surface area contributed by atoms with Crippen molar-refractivity contribution in [1.29, 1.82) is 0 Å². The summed E-state index contributed by atoms with van der Waals surface area (Å²) in [7, 11) is 2.18. The van der Waals surface area contributed by atoms with Crippen molar-refractivity contribution in [2.75, 3.05) is 44.7 Å². The smallest absolute Gasteiger partial charge is 0.252 e. The second-order valence-electron chi connectivity index (χ2n) is 7.69. The molecule has 0 aromatic carbocycles. The average molecular weight is 361 g/mol. The summed E-state index contributed by atoms with van der Waals surface area (Å²) in [6, 6.07) is 4.39. The number of piperidine rings is 2. The minimum atomic E-state index is -0.0403. The molecule has 26 heavy (non-hydrogen) atoms. The lowest BCUT2D eigenvalue weighted by molar-refractivity contribution is 0.0945. The first-order valence-electron chi connectivity index (χ1n) is 9.97. The highest BCUT2D eigenvalue weighted by Gasteiger charge is 2.20. The summed E-state index contributed by atoms with van der Waals surface area (Å²) in [5, 5.41) is 12.3. The van der Waals surface area contributed by atoms with Crippen LogP contribution in [0.3, 0.4) is 0 Å². The highest BCUT2D eigenvalue weighted by molar-refractivity contribution is 5.94. The highest BCUT2D eigenvalue weighted by atomic mass is 16.3. The molecule has 2 fully saturated rings. The van der Waals surface area contributed by atoms with E-state index in [9.17, 15) is 9.90 Å². The summed E-state index contributed by atoms with van der Waals surface area (Å²) in [5.74, 6) is 1.29.